The second-order valence-corrected chi connectivity index (χ2v) is 5.23. The molecule has 0 aliphatic heterocycles. The molecule has 9 nitrogen and oxygen atoms in total. The Labute approximate surface area is 147 Å². The summed E-state index contributed by atoms with van der Waals surface area (Å²) in [7, 11) is 0. The SMILES string of the molecule is Cc1ccc([N+](=O)[O-])cc1NC(=O)C(C#N)=Cc1ccc([N+](=O)[O-])cc1. The highest BCUT2D eigenvalue weighted by atomic mass is 16.6. The Morgan fingerprint density at radius 3 is 2.19 bits per heavy atom. The predicted molar refractivity (Wildman–Crippen MR) is 93.1 cm³/mol. The number of non-ortho nitro benzene ring substituents is 2. The van der Waals surface area contributed by atoms with Crippen molar-refractivity contribution in [3.63, 3.8) is 0 Å². The zero-order chi connectivity index (χ0) is 19.3. The average Bonchev–Trinajstić information content (AvgIpc) is 2.61. The molecule has 2 rings (SSSR count). The first-order chi connectivity index (χ1) is 12.3. The molecule has 0 heterocycles. The molecule has 0 saturated carbocycles. The molecule has 0 spiro atoms. The maximum Gasteiger partial charge on any atom is 0.271 e. The smallest absolute Gasteiger partial charge is 0.271 e. The van der Waals surface area contributed by atoms with Gasteiger partial charge >= 0.3 is 0 Å². The number of anilines is 1. The zero-order valence-corrected chi connectivity index (χ0v) is 13.5. The monoisotopic (exact) mass is 352 g/mol. The topological polar surface area (TPSA) is 139 Å². The van der Waals surface area contributed by atoms with E-state index in [-0.39, 0.29) is 22.6 Å². The lowest BCUT2D eigenvalue weighted by atomic mass is 10.1. The number of amides is 1. The molecule has 0 aliphatic carbocycles. The van der Waals surface area contributed by atoms with Crippen molar-refractivity contribution in [1.29, 1.82) is 5.26 Å². The van der Waals surface area contributed by atoms with Gasteiger partial charge in [-0.25, -0.2) is 0 Å². The Morgan fingerprint density at radius 2 is 1.65 bits per heavy atom. The van der Waals surface area contributed by atoms with Crippen LogP contribution in [0.2, 0.25) is 0 Å². The van der Waals surface area contributed by atoms with Gasteiger partial charge in [-0.3, -0.25) is 25.0 Å². The van der Waals surface area contributed by atoms with Crippen molar-refractivity contribution in [2.45, 2.75) is 6.92 Å². The molecule has 0 bridgehead atoms. The van der Waals surface area contributed by atoms with Crippen LogP contribution in [0.5, 0.6) is 0 Å². The molecule has 0 atom stereocenters. The molecule has 26 heavy (non-hydrogen) atoms. The standard InChI is InChI=1S/C17H12N4O5/c1-11-2-5-15(21(25)26)9-16(11)19-17(22)13(10-18)8-12-3-6-14(7-4-12)20(23)24/h2-9H,1H3,(H,19,22). The second kappa shape index (κ2) is 7.67. The van der Waals surface area contributed by atoms with E-state index in [2.05, 4.69) is 5.32 Å². The summed E-state index contributed by atoms with van der Waals surface area (Å²) in [6, 6.07) is 11.1. The fourth-order valence-electron chi connectivity index (χ4n) is 2.06. The molecule has 9 heteroatoms. The summed E-state index contributed by atoms with van der Waals surface area (Å²) in [5.74, 6) is -0.741. The van der Waals surface area contributed by atoms with Crippen LogP contribution in [0.25, 0.3) is 6.08 Å². The number of nitrogens with zero attached hydrogens (tertiary/aromatic N) is 3. The van der Waals surface area contributed by atoms with Crippen LogP contribution >= 0.6 is 0 Å². The summed E-state index contributed by atoms with van der Waals surface area (Å²) in [5, 5.41) is 33.1. The van der Waals surface area contributed by atoms with Crippen molar-refractivity contribution >= 4 is 29.0 Å². The van der Waals surface area contributed by atoms with Gasteiger partial charge in [0.2, 0.25) is 0 Å². The van der Waals surface area contributed by atoms with Crippen molar-refractivity contribution < 1.29 is 14.6 Å². The van der Waals surface area contributed by atoms with Gasteiger partial charge in [-0.2, -0.15) is 5.26 Å². The fraction of sp³-hybridized carbons (Fsp3) is 0.0588. The van der Waals surface area contributed by atoms with E-state index in [1.54, 1.807) is 13.0 Å². The van der Waals surface area contributed by atoms with E-state index in [4.69, 9.17) is 0 Å². The molecular weight excluding hydrogens is 340 g/mol. The van der Waals surface area contributed by atoms with Gasteiger partial charge in [-0.15, -0.1) is 0 Å². The van der Waals surface area contributed by atoms with Gasteiger partial charge in [0.1, 0.15) is 11.6 Å². The molecule has 130 valence electrons. The number of carbonyl (C=O) groups is 1. The molecule has 0 aromatic heterocycles. The number of nitriles is 1. The van der Waals surface area contributed by atoms with Gasteiger partial charge in [0.15, 0.2) is 0 Å². The first-order valence-corrected chi connectivity index (χ1v) is 7.24. The minimum Gasteiger partial charge on any atom is -0.321 e. The number of hydrogen-bond acceptors (Lipinski definition) is 6. The Morgan fingerprint density at radius 1 is 1.08 bits per heavy atom. The summed E-state index contributed by atoms with van der Waals surface area (Å²) in [5.41, 5.74) is 0.689. The predicted octanol–water partition coefficient (Wildman–Crippen LogP) is 3.36. The lowest BCUT2D eigenvalue weighted by Crippen LogP contribution is -2.14. The van der Waals surface area contributed by atoms with Gasteiger partial charge in [0.05, 0.1) is 15.5 Å². The van der Waals surface area contributed by atoms with Crippen LogP contribution in [0, 0.1) is 38.5 Å². The van der Waals surface area contributed by atoms with Gasteiger partial charge in [-0.1, -0.05) is 6.07 Å². The lowest BCUT2D eigenvalue weighted by molar-refractivity contribution is -0.385. The normalized spacial score (nSPS) is 10.7. The molecule has 0 fully saturated rings. The van der Waals surface area contributed by atoms with Crippen LogP contribution in [0.4, 0.5) is 17.1 Å². The largest absolute Gasteiger partial charge is 0.321 e. The van der Waals surface area contributed by atoms with E-state index in [0.717, 1.165) is 0 Å². The van der Waals surface area contributed by atoms with Crippen molar-refractivity contribution in [3.05, 3.63) is 79.4 Å². The van der Waals surface area contributed by atoms with Crippen LogP contribution in [0.15, 0.2) is 48.0 Å². The molecular formula is C17H12N4O5. The summed E-state index contributed by atoms with van der Waals surface area (Å²) in [6.07, 6.45) is 1.27. The maximum absolute atomic E-state index is 12.3. The maximum atomic E-state index is 12.3. The molecule has 2 aromatic carbocycles. The lowest BCUT2D eigenvalue weighted by Gasteiger charge is -2.07. The zero-order valence-electron chi connectivity index (χ0n) is 13.5. The van der Waals surface area contributed by atoms with E-state index >= 15 is 0 Å². The highest BCUT2D eigenvalue weighted by Gasteiger charge is 2.14. The number of aryl methyl sites for hydroxylation is 1. The quantitative estimate of drug-likeness (QED) is 0.379. The Kier molecular flexibility index (Phi) is 5.40. The highest BCUT2D eigenvalue weighted by Crippen LogP contribution is 2.22. The molecule has 0 unspecified atom stereocenters. The number of nitrogens with one attached hydrogen (secondary N) is 1. The van der Waals surface area contributed by atoms with Crippen molar-refractivity contribution in [2.24, 2.45) is 0 Å². The summed E-state index contributed by atoms with van der Waals surface area (Å²) in [6.45, 7) is 1.66. The van der Waals surface area contributed by atoms with Crippen molar-refractivity contribution in [3.8, 4) is 6.07 Å². The minimum absolute atomic E-state index is 0.114. The van der Waals surface area contributed by atoms with Gasteiger partial charge in [-0.05, 0) is 36.3 Å². The summed E-state index contributed by atoms with van der Waals surface area (Å²) >= 11 is 0. The molecule has 1 amide bonds. The Balaban J connectivity index is 2.26. The fourth-order valence-corrected chi connectivity index (χ4v) is 2.06. The average molecular weight is 352 g/mol. The summed E-state index contributed by atoms with van der Waals surface area (Å²) < 4.78 is 0. The van der Waals surface area contributed by atoms with E-state index < -0.39 is 15.8 Å². The molecule has 0 aliphatic rings. The number of carbonyl (C=O) groups excluding carboxylic acids is 1. The highest BCUT2D eigenvalue weighted by molar-refractivity contribution is 6.10. The molecule has 1 N–H and O–H groups in total. The summed E-state index contributed by atoms with van der Waals surface area (Å²) in [4.78, 5) is 32.6. The Bertz CT molecular complexity index is 958. The van der Waals surface area contributed by atoms with Crippen LogP contribution in [-0.2, 0) is 4.79 Å². The number of benzene rings is 2. The van der Waals surface area contributed by atoms with Gasteiger partial charge < -0.3 is 5.32 Å². The van der Waals surface area contributed by atoms with E-state index in [1.165, 1.54) is 48.5 Å². The van der Waals surface area contributed by atoms with Gasteiger partial charge in [0, 0.05) is 24.3 Å². The van der Waals surface area contributed by atoms with Crippen LogP contribution in [-0.4, -0.2) is 15.8 Å². The molecule has 0 saturated heterocycles. The first-order valence-electron chi connectivity index (χ1n) is 7.24. The third kappa shape index (κ3) is 4.27. The first kappa shape index (κ1) is 18.3. The third-order valence-electron chi connectivity index (χ3n) is 3.46. The van der Waals surface area contributed by atoms with E-state index in [9.17, 15) is 30.3 Å². The molecule has 0 radical (unpaired) electrons. The van der Waals surface area contributed by atoms with Crippen LogP contribution < -0.4 is 5.32 Å². The number of rotatable bonds is 5. The van der Waals surface area contributed by atoms with Crippen molar-refractivity contribution in [2.75, 3.05) is 5.32 Å². The number of nitro groups is 2. The van der Waals surface area contributed by atoms with Crippen LogP contribution in [0.3, 0.4) is 0 Å². The van der Waals surface area contributed by atoms with Gasteiger partial charge in [0.25, 0.3) is 17.3 Å². The van der Waals surface area contributed by atoms with Crippen LogP contribution in [0.1, 0.15) is 11.1 Å². The second-order valence-electron chi connectivity index (χ2n) is 5.23. The third-order valence-corrected chi connectivity index (χ3v) is 3.46. The van der Waals surface area contributed by atoms with Crippen molar-refractivity contribution in [1.82, 2.24) is 0 Å². The van der Waals surface area contributed by atoms with E-state index in [1.807, 2.05) is 0 Å². The minimum atomic E-state index is -0.741. The molecule has 2 aromatic rings. The number of nitro benzene ring substituents is 2. The number of hydrogen-bond donors (Lipinski definition) is 1. The van der Waals surface area contributed by atoms with E-state index in [0.29, 0.717) is 11.1 Å². The Hall–Kier alpha value is -4.06.